The lowest BCUT2D eigenvalue weighted by molar-refractivity contribution is -0.154. The maximum atomic E-state index is 13.1. The number of carbonyl (C=O) groups excluding carboxylic acids is 4. The van der Waals surface area contributed by atoms with E-state index < -0.39 is 60.6 Å². The molecule has 1 aliphatic rings. The van der Waals surface area contributed by atoms with E-state index in [1.807, 2.05) is 12.1 Å². The number of pyridine rings is 1. The van der Waals surface area contributed by atoms with E-state index in [0.717, 1.165) is 12.7 Å². The number of amides is 3. The number of alkyl halides is 3. The molecule has 0 radical (unpaired) electrons. The van der Waals surface area contributed by atoms with Gasteiger partial charge in [0.05, 0.1) is 12.6 Å². The highest BCUT2D eigenvalue weighted by Gasteiger charge is 2.45. The van der Waals surface area contributed by atoms with Gasteiger partial charge >= 0.3 is 30.0 Å². The molecule has 0 saturated heterocycles. The molecule has 2 heterocycles. The molecule has 1 atom stereocenters. The van der Waals surface area contributed by atoms with Crippen LogP contribution in [0.3, 0.4) is 0 Å². The van der Waals surface area contributed by atoms with Crippen LogP contribution < -0.4 is 36.1 Å². The fourth-order valence-electron chi connectivity index (χ4n) is 5.30. The van der Waals surface area contributed by atoms with E-state index in [2.05, 4.69) is 46.5 Å². The molecule has 1 aliphatic carbocycles. The zero-order chi connectivity index (χ0) is 41.3. The van der Waals surface area contributed by atoms with Crippen molar-refractivity contribution in [2.45, 2.75) is 30.6 Å². The minimum Gasteiger partial charge on any atom is -0.467 e. The Morgan fingerprint density at radius 3 is 2.09 bits per heavy atom. The van der Waals surface area contributed by atoms with E-state index in [4.69, 9.17) is 25.8 Å². The van der Waals surface area contributed by atoms with Crippen LogP contribution in [-0.4, -0.2) is 76.1 Å². The van der Waals surface area contributed by atoms with E-state index in [1.165, 1.54) is 36.4 Å². The third-order valence-electron chi connectivity index (χ3n) is 8.34. The highest BCUT2D eigenvalue weighted by atomic mass is 35.5. The highest BCUT2D eigenvalue weighted by molar-refractivity contribution is 6.39. The van der Waals surface area contributed by atoms with Crippen molar-refractivity contribution in [3.63, 3.8) is 0 Å². The summed E-state index contributed by atoms with van der Waals surface area (Å²) in [6, 6.07) is 20.4. The van der Waals surface area contributed by atoms with Gasteiger partial charge in [0, 0.05) is 40.9 Å². The summed E-state index contributed by atoms with van der Waals surface area (Å²) >= 11 is 6.03. The van der Waals surface area contributed by atoms with Crippen molar-refractivity contribution in [1.82, 2.24) is 30.6 Å². The summed E-state index contributed by atoms with van der Waals surface area (Å²) in [5, 5.41) is 13.8. The number of nitrogens with zero attached hydrogens (tertiary/aromatic N) is 4. The Balaban J connectivity index is 1.05. The Kier molecular flexibility index (Phi) is 12.5. The number of benzene rings is 3. The molecular weight excluding hydrogens is 787 g/mol. The summed E-state index contributed by atoms with van der Waals surface area (Å²) in [5.41, 5.74) is 1.01. The lowest BCUT2D eigenvalue weighted by atomic mass is 10.1. The molecule has 0 aliphatic heterocycles. The molecule has 58 heavy (non-hydrogen) atoms. The second kappa shape index (κ2) is 17.8. The standard InChI is InChI=1S/C38H33ClF3N9O7/c1-56-33(55)29(20-44-31(53)32(54)45-25-10-12-27(13-11-25)58-28-14-18-43-19-15-28)47-30(52)22-2-8-26(9-3-22)46-34-48-35(50-36(49-34)57-21-38(40,41)42)51-37(16-17-37)23-4-6-24(39)7-5-23/h2-15,18-19,29H,16-17,20-21H2,1H3,(H,44,53)(H,45,54)(H,47,52)(H2,46,48,49,50,51)/t29-/m0/s1. The Morgan fingerprint density at radius 2 is 1.45 bits per heavy atom. The van der Waals surface area contributed by atoms with E-state index >= 15 is 0 Å². The lowest BCUT2D eigenvalue weighted by Gasteiger charge is -2.19. The molecule has 16 nitrogen and oxygen atoms in total. The number of nitrogens with one attached hydrogen (secondary N) is 5. The van der Waals surface area contributed by atoms with Crippen molar-refractivity contribution in [3.05, 3.63) is 113 Å². The third-order valence-corrected chi connectivity index (χ3v) is 8.59. The maximum absolute atomic E-state index is 13.1. The first-order valence-corrected chi connectivity index (χ1v) is 17.7. The molecule has 6 rings (SSSR count). The minimum atomic E-state index is -4.65. The number of esters is 1. The van der Waals surface area contributed by atoms with Crippen molar-refractivity contribution in [1.29, 1.82) is 0 Å². The van der Waals surface area contributed by atoms with Gasteiger partial charge in [-0.05, 0) is 91.2 Å². The van der Waals surface area contributed by atoms with E-state index in [-0.39, 0.29) is 17.5 Å². The topological polar surface area (TPSA) is 208 Å². The number of hydrogen-bond donors (Lipinski definition) is 5. The summed E-state index contributed by atoms with van der Waals surface area (Å²) in [5.74, 6) is -2.92. The van der Waals surface area contributed by atoms with Crippen LogP contribution in [0.15, 0.2) is 97.3 Å². The van der Waals surface area contributed by atoms with Crippen LogP contribution in [-0.2, 0) is 24.7 Å². The summed E-state index contributed by atoms with van der Waals surface area (Å²) in [6.07, 6.45) is -0.110. The quantitative estimate of drug-likeness (QED) is 0.0652. The van der Waals surface area contributed by atoms with Crippen LogP contribution in [0.4, 0.5) is 36.4 Å². The van der Waals surface area contributed by atoms with E-state index in [9.17, 15) is 32.3 Å². The largest absolute Gasteiger partial charge is 0.467 e. The van der Waals surface area contributed by atoms with Gasteiger partial charge in [-0.25, -0.2) is 4.79 Å². The monoisotopic (exact) mass is 819 g/mol. The number of rotatable bonds is 15. The number of halogens is 4. The van der Waals surface area contributed by atoms with Gasteiger partial charge in [-0.15, -0.1) is 0 Å². The van der Waals surface area contributed by atoms with Crippen LogP contribution in [0.5, 0.6) is 17.5 Å². The normalized spacial score (nSPS) is 13.3. The van der Waals surface area contributed by atoms with Crippen molar-refractivity contribution >= 4 is 58.6 Å². The average Bonchev–Trinajstić information content (AvgIpc) is 3.99. The highest BCUT2D eigenvalue weighted by Crippen LogP contribution is 2.48. The molecule has 2 aromatic heterocycles. The zero-order valence-electron chi connectivity index (χ0n) is 30.3. The Bertz CT molecular complexity index is 2250. The first-order chi connectivity index (χ1) is 27.8. The third kappa shape index (κ3) is 11.3. The maximum Gasteiger partial charge on any atom is 0.422 e. The molecule has 5 N–H and O–H groups in total. The molecule has 1 saturated carbocycles. The molecule has 3 aromatic carbocycles. The number of anilines is 4. The van der Waals surface area contributed by atoms with E-state index in [1.54, 1.807) is 48.8 Å². The Hall–Kier alpha value is -7.02. The number of methoxy groups -OCH3 is 1. The summed E-state index contributed by atoms with van der Waals surface area (Å²) in [6.45, 7) is -2.12. The molecular formula is C38H33ClF3N9O7. The molecule has 1 fully saturated rings. The van der Waals surface area contributed by atoms with Crippen LogP contribution >= 0.6 is 11.6 Å². The van der Waals surface area contributed by atoms with Gasteiger partial charge in [-0.3, -0.25) is 19.4 Å². The van der Waals surface area contributed by atoms with Crippen LogP contribution in [0.25, 0.3) is 0 Å². The predicted molar refractivity (Wildman–Crippen MR) is 203 cm³/mol. The fourth-order valence-corrected chi connectivity index (χ4v) is 5.42. The summed E-state index contributed by atoms with van der Waals surface area (Å²) in [4.78, 5) is 67.0. The Morgan fingerprint density at radius 1 is 0.810 bits per heavy atom. The Labute approximate surface area is 332 Å². The van der Waals surface area contributed by atoms with Gasteiger partial charge in [0.25, 0.3) is 5.91 Å². The van der Waals surface area contributed by atoms with Crippen LogP contribution in [0.1, 0.15) is 28.8 Å². The second-order valence-corrected chi connectivity index (χ2v) is 13.0. The van der Waals surface area contributed by atoms with Crippen molar-refractivity contribution in [2.24, 2.45) is 0 Å². The predicted octanol–water partition coefficient (Wildman–Crippen LogP) is 5.52. The number of carbonyl (C=O) groups is 4. The molecule has 5 aromatic rings. The zero-order valence-corrected chi connectivity index (χ0v) is 31.1. The number of ether oxygens (including phenoxy) is 3. The van der Waals surface area contributed by atoms with Crippen LogP contribution in [0.2, 0.25) is 5.02 Å². The molecule has 0 bridgehead atoms. The van der Waals surface area contributed by atoms with Gasteiger partial charge in [0.2, 0.25) is 11.9 Å². The van der Waals surface area contributed by atoms with Crippen molar-refractivity contribution in [2.75, 3.05) is 36.2 Å². The van der Waals surface area contributed by atoms with Crippen molar-refractivity contribution in [3.8, 4) is 17.5 Å². The van der Waals surface area contributed by atoms with Gasteiger partial charge in [0.1, 0.15) is 17.5 Å². The first kappa shape index (κ1) is 40.6. The molecule has 0 spiro atoms. The fraction of sp³-hybridized carbons (Fsp3) is 0.211. The SMILES string of the molecule is COC(=O)[C@H](CNC(=O)C(=O)Nc1ccc(Oc2ccncc2)cc1)NC(=O)c1ccc(Nc2nc(NC3(c4ccc(Cl)cc4)CC3)nc(OCC(F)(F)F)n2)cc1. The molecule has 20 heteroatoms. The smallest absolute Gasteiger partial charge is 0.422 e. The average molecular weight is 820 g/mol. The van der Waals surface area contributed by atoms with Gasteiger partial charge in [0.15, 0.2) is 6.61 Å². The minimum absolute atomic E-state index is 0.0434. The molecule has 3 amide bonds. The number of hydrogen-bond acceptors (Lipinski definition) is 13. The summed E-state index contributed by atoms with van der Waals surface area (Å²) < 4.78 is 54.2. The van der Waals surface area contributed by atoms with E-state index in [0.29, 0.717) is 40.7 Å². The summed E-state index contributed by atoms with van der Waals surface area (Å²) in [7, 11) is 1.09. The second-order valence-electron chi connectivity index (χ2n) is 12.6. The first-order valence-electron chi connectivity index (χ1n) is 17.3. The van der Waals surface area contributed by atoms with Gasteiger partial charge < -0.3 is 40.8 Å². The van der Waals surface area contributed by atoms with Gasteiger partial charge in [-0.2, -0.15) is 28.1 Å². The van der Waals surface area contributed by atoms with Crippen LogP contribution in [0, 0.1) is 0 Å². The van der Waals surface area contributed by atoms with Crippen molar-refractivity contribution < 1.29 is 46.6 Å². The van der Waals surface area contributed by atoms with Gasteiger partial charge in [-0.1, -0.05) is 23.7 Å². The number of aromatic nitrogens is 4. The molecule has 300 valence electrons. The lowest BCUT2D eigenvalue weighted by Crippen LogP contribution is -2.50. The molecule has 0 unspecified atom stereocenters.